The minimum absolute atomic E-state index is 0.0738. The molecule has 1 saturated heterocycles. The van der Waals surface area contributed by atoms with Gasteiger partial charge in [0.25, 0.3) is 5.91 Å². The molecule has 2 aliphatic heterocycles. The zero-order valence-electron chi connectivity index (χ0n) is 16.7. The van der Waals surface area contributed by atoms with Crippen molar-refractivity contribution in [1.82, 2.24) is 24.8 Å². The molecule has 6 nitrogen and oxygen atoms in total. The van der Waals surface area contributed by atoms with Crippen LogP contribution in [0.4, 0.5) is 0 Å². The molecule has 3 aromatic rings. The van der Waals surface area contributed by atoms with Gasteiger partial charge in [0.2, 0.25) is 0 Å². The summed E-state index contributed by atoms with van der Waals surface area (Å²) in [6, 6.07) is 8.05. The predicted octanol–water partition coefficient (Wildman–Crippen LogP) is 3.62. The van der Waals surface area contributed by atoms with Gasteiger partial charge < -0.3 is 10.2 Å². The number of benzene rings is 1. The van der Waals surface area contributed by atoms with Gasteiger partial charge in [-0.3, -0.25) is 4.79 Å². The van der Waals surface area contributed by atoms with Crippen LogP contribution in [0.2, 0.25) is 5.02 Å². The van der Waals surface area contributed by atoms with Crippen LogP contribution in [-0.4, -0.2) is 38.5 Å². The number of hydrogen-bond donors (Lipinski definition) is 1. The molecule has 1 amide bonds. The number of aryl methyl sites for hydroxylation is 2. The van der Waals surface area contributed by atoms with E-state index in [1.807, 2.05) is 41.5 Å². The lowest BCUT2D eigenvalue weighted by Crippen LogP contribution is -2.31. The smallest absolute Gasteiger partial charge is 0.254 e. The third kappa shape index (κ3) is 3.02. The van der Waals surface area contributed by atoms with E-state index in [0.29, 0.717) is 24.0 Å². The standard InChI is InChI=1S/C22H24ClN5O/c1-13-20(23)14(2)28-21(25-13)18-11-27(12-19(18)26-28)22(29)17-8-4-3-7-16(17)15-6-5-9-24-10-15/h3-4,7-8,15,24H,5-6,9-12H2,1-2H3. The molecule has 7 heteroatoms. The van der Waals surface area contributed by atoms with Crippen molar-refractivity contribution in [3.63, 3.8) is 0 Å². The van der Waals surface area contributed by atoms with E-state index in [9.17, 15) is 4.79 Å². The molecule has 0 saturated carbocycles. The summed E-state index contributed by atoms with van der Waals surface area (Å²) in [7, 11) is 0. The van der Waals surface area contributed by atoms with Gasteiger partial charge in [0.05, 0.1) is 35.2 Å². The lowest BCUT2D eigenvalue weighted by Gasteiger charge is -2.26. The molecule has 5 rings (SSSR count). The molecule has 150 valence electrons. The van der Waals surface area contributed by atoms with E-state index in [2.05, 4.69) is 16.4 Å². The second-order valence-corrected chi connectivity index (χ2v) is 8.43. The summed E-state index contributed by atoms with van der Waals surface area (Å²) in [6.07, 6.45) is 2.27. The van der Waals surface area contributed by atoms with Crippen LogP contribution in [-0.2, 0) is 13.1 Å². The fourth-order valence-corrected chi connectivity index (χ4v) is 4.71. The number of fused-ring (bicyclic) bond motifs is 3. The van der Waals surface area contributed by atoms with Crippen LogP contribution >= 0.6 is 11.6 Å². The van der Waals surface area contributed by atoms with E-state index in [1.165, 1.54) is 0 Å². The molecular formula is C22H24ClN5O. The fraction of sp³-hybridized carbons (Fsp3) is 0.409. The van der Waals surface area contributed by atoms with Crippen LogP contribution in [0, 0.1) is 13.8 Å². The minimum Gasteiger partial charge on any atom is -0.328 e. The highest BCUT2D eigenvalue weighted by Crippen LogP contribution is 2.32. The Morgan fingerprint density at radius 1 is 1.24 bits per heavy atom. The Labute approximate surface area is 174 Å². The average Bonchev–Trinajstić information content (AvgIpc) is 3.31. The second kappa shape index (κ2) is 7.11. The van der Waals surface area contributed by atoms with Gasteiger partial charge in [-0.25, -0.2) is 9.50 Å². The van der Waals surface area contributed by atoms with Crippen LogP contribution in [0.25, 0.3) is 5.65 Å². The van der Waals surface area contributed by atoms with Crippen LogP contribution in [0.5, 0.6) is 0 Å². The number of rotatable bonds is 2. The first kappa shape index (κ1) is 18.6. The van der Waals surface area contributed by atoms with E-state index >= 15 is 0 Å². The summed E-state index contributed by atoms with van der Waals surface area (Å²) in [5.41, 5.74) is 6.38. The zero-order chi connectivity index (χ0) is 20.1. The number of piperidine rings is 1. The number of aromatic nitrogens is 3. The minimum atomic E-state index is 0.0738. The van der Waals surface area contributed by atoms with Gasteiger partial charge in [-0.05, 0) is 50.8 Å². The molecule has 0 spiro atoms. The van der Waals surface area contributed by atoms with Crippen LogP contribution in [0.15, 0.2) is 24.3 Å². The SMILES string of the molecule is Cc1nc2c3c(nn2c(C)c1Cl)CN(C(=O)c1ccccc1C1CCCNC1)C3. The molecule has 29 heavy (non-hydrogen) atoms. The molecule has 1 fully saturated rings. The third-order valence-corrected chi connectivity index (χ3v) is 6.72. The number of hydrogen-bond acceptors (Lipinski definition) is 4. The van der Waals surface area contributed by atoms with E-state index in [0.717, 1.165) is 65.4 Å². The highest BCUT2D eigenvalue weighted by atomic mass is 35.5. The molecule has 0 aliphatic carbocycles. The molecule has 1 atom stereocenters. The van der Waals surface area contributed by atoms with Gasteiger partial charge in [0, 0.05) is 17.7 Å². The molecule has 0 bridgehead atoms. The molecule has 0 radical (unpaired) electrons. The first-order valence-electron chi connectivity index (χ1n) is 10.2. The van der Waals surface area contributed by atoms with Crippen molar-refractivity contribution in [2.24, 2.45) is 0 Å². The number of carbonyl (C=O) groups is 1. The molecule has 4 heterocycles. The average molecular weight is 410 g/mol. The van der Waals surface area contributed by atoms with Crippen molar-refractivity contribution < 1.29 is 4.79 Å². The molecule has 2 aromatic heterocycles. The summed E-state index contributed by atoms with van der Waals surface area (Å²) in [6.45, 7) is 6.88. The van der Waals surface area contributed by atoms with Gasteiger partial charge in [0.15, 0.2) is 5.65 Å². The van der Waals surface area contributed by atoms with Crippen LogP contribution < -0.4 is 5.32 Å². The van der Waals surface area contributed by atoms with Gasteiger partial charge in [0.1, 0.15) is 0 Å². The zero-order valence-corrected chi connectivity index (χ0v) is 17.5. The molecule has 2 aliphatic rings. The maximum atomic E-state index is 13.4. The molecular weight excluding hydrogens is 386 g/mol. The monoisotopic (exact) mass is 409 g/mol. The molecule has 1 N–H and O–H groups in total. The van der Waals surface area contributed by atoms with Crippen molar-refractivity contribution in [3.8, 4) is 0 Å². The third-order valence-electron chi connectivity index (χ3n) is 6.17. The first-order chi connectivity index (χ1) is 14.0. The van der Waals surface area contributed by atoms with Crippen molar-refractivity contribution in [1.29, 1.82) is 0 Å². The summed E-state index contributed by atoms with van der Waals surface area (Å²) >= 11 is 6.34. The number of halogens is 1. The number of amides is 1. The lowest BCUT2D eigenvalue weighted by molar-refractivity contribution is 0.0748. The van der Waals surface area contributed by atoms with Gasteiger partial charge in [-0.1, -0.05) is 29.8 Å². The van der Waals surface area contributed by atoms with E-state index < -0.39 is 0 Å². The highest BCUT2D eigenvalue weighted by Gasteiger charge is 2.32. The summed E-state index contributed by atoms with van der Waals surface area (Å²) < 4.78 is 1.81. The quantitative estimate of drug-likeness (QED) is 0.702. The van der Waals surface area contributed by atoms with Gasteiger partial charge in [-0.2, -0.15) is 5.10 Å². The Morgan fingerprint density at radius 3 is 2.86 bits per heavy atom. The second-order valence-electron chi connectivity index (χ2n) is 8.05. The number of nitrogens with one attached hydrogen (secondary N) is 1. The molecule has 1 aromatic carbocycles. The maximum absolute atomic E-state index is 13.4. The van der Waals surface area contributed by atoms with Crippen LogP contribution in [0.3, 0.4) is 0 Å². The number of nitrogens with zero attached hydrogens (tertiary/aromatic N) is 4. The molecule has 1 unspecified atom stereocenters. The lowest BCUT2D eigenvalue weighted by atomic mass is 9.88. The Balaban J connectivity index is 1.46. The number of carbonyl (C=O) groups excluding carboxylic acids is 1. The summed E-state index contributed by atoms with van der Waals surface area (Å²) in [5, 5.41) is 8.80. The van der Waals surface area contributed by atoms with E-state index in [1.54, 1.807) is 0 Å². The van der Waals surface area contributed by atoms with E-state index in [4.69, 9.17) is 16.7 Å². The highest BCUT2D eigenvalue weighted by molar-refractivity contribution is 6.31. The van der Waals surface area contributed by atoms with E-state index in [-0.39, 0.29) is 5.91 Å². The van der Waals surface area contributed by atoms with Crippen molar-refractivity contribution in [3.05, 3.63) is 63.1 Å². The van der Waals surface area contributed by atoms with Crippen molar-refractivity contribution in [2.45, 2.75) is 45.7 Å². The Hall–Kier alpha value is -2.44. The first-order valence-corrected chi connectivity index (χ1v) is 10.5. The predicted molar refractivity (Wildman–Crippen MR) is 112 cm³/mol. The topological polar surface area (TPSA) is 62.5 Å². The van der Waals surface area contributed by atoms with Crippen molar-refractivity contribution >= 4 is 23.2 Å². The largest absolute Gasteiger partial charge is 0.328 e. The van der Waals surface area contributed by atoms with Gasteiger partial charge in [-0.15, -0.1) is 0 Å². The summed E-state index contributed by atoms with van der Waals surface area (Å²) in [5.74, 6) is 0.464. The Morgan fingerprint density at radius 2 is 2.07 bits per heavy atom. The normalized spacial score (nSPS) is 19.0. The van der Waals surface area contributed by atoms with Crippen LogP contribution in [0.1, 0.15) is 57.3 Å². The maximum Gasteiger partial charge on any atom is 0.254 e. The fourth-order valence-electron chi connectivity index (χ4n) is 4.59. The Bertz CT molecular complexity index is 1120. The van der Waals surface area contributed by atoms with Gasteiger partial charge >= 0.3 is 0 Å². The summed E-state index contributed by atoms with van der Waals surface area (Å²) in [4.78, 5) is 20.0. The van der Waals surface area contributed by atoms with Crippen molar-refractivity contribution in [2.75, 3.05) is 13.1 Å². The Kier molecular flexibility index (Phi) is 4.56.